The molecule has 2 aromatic carbocycles. The fraction of sp³-hybridized carbons (Fsp3) is 0.407. The number of nitrogens with one attached hydrogen (secondary N) is 2. The molecule has 1 aliphatic heterocycles. The summed E-state index contributed by atoms with van der Waals surface area (Å²) in [6.45, 7) is 13.3. The largest absolute Gasteiger partial charge is 0.352 e. The smallest absolute Gasteiger partial charge is 0.251 e. The molecule has 1 heterocycles. The molecule has 0 saturated carbocycles. The molecule has 0 radical (unpaired) electrons. The van der Waals surface area contributed by atoms with Crippen molar-refractivity contribution in [3.05, 3.63) is 77.9 Å². The Bertz CT molecular complexity index is 1220. The predicted molar refractivity (Wildman–Crippen MR) is 138 cm³/mol. The second-order valence-corrected chi connectivity index (χ2v) is 12.0. The maximum atomic E-state index is 13.7. The number of aryl methyl sites for hydroxylation is 1. The summed E-state index contributed by atoms with van der Waals surface area (Å²) >= 11 is 0. The van der Waals surface area contributed by atoms with Crippen molar-refractivity contribution in [2.45, 2.75) is 69.5 Å². The van der Waals surface area contributed by atoms with E-state index in [2.05, 4.69) is 23.3 Å². The van der Waals surface area contributed by atoms with Gasteiger partial charge in [-0.25, -0.2) is 8.42 Å². The molecule has 1 saturated heterocycles. The summed E-state index contributed by atoms with van der Waals surface area (Å²) in [4.78, 5) is 24.6. The van der Waals surface area contributed by atoms with Crippen LogP contribution in [0.5, 0.6) is 0 Å². The van der Waals surface area contributed by atoms with Crippen molar-refractivity contribution in [1.29, 1.82) is 0 Å². The van der Waals surface area contributed by atoms with Crippen LogP contribution in [-0.2, 0) is 21.2 Å². The first-order valence-corrected chi connectivity index (χ1v) is 13.2. The molecule has 0 aliphatic carbocycles. The molecule has 7 nitrogen and oxygen atoms in total. The third-order valence-electron chi connectivity index (χ3n) is 6.57. The summed E-state index contributed by atoms with van der Waals surface area (Å²) in [6.07, 6.45) is 2.35. The Labute approximate surface area is 208 Å². The lowest BCUT2D eigenvalue weighted by molar-refractivity contribution is -0.117. The summed E-state index contributed by atoms with van der Waals surface area (Å²) < 4.78 is 28.9. The zero-order chi connectivity index (χ0) is 26.0. The Balaban J connectivity index is 1.74. The minimum atomic E-state index is -3.90. The van der Waals surface area contributed by atoms with Crippen molar-refractivity contribution < 1.29 is 18.0 Å². The summed E-state index contributed by atoms with van der Waals surface area (Å²) in [7, 11) is -3.90. The molecule has 1 atom stereocenters. The number of hydrogen-bond donors (Lipinski definition) is 2. The summed E-state index contributed by atoms with van der Waals surface area (Å²) in [5.41, 5.74) is 1.11. The van der Waals surface area contributed by atoms with Gasteiger partial charge in [-0.3, -0.25) is 9.59 Å². The van der Waals surface area contributed by atoms with Crippen molar-refractivity contribution in [3.8, 4) is 0 Å². The number of nitrogens with zero attached hydrogens (tertiary/aromatic N) is 1. The Hall–Kier alpha value is -2.97. The van der Waals surface area contributed by atoms with Crippen molar-refractivity contribution >= 4 is 21.8 Å². The highest BCUT2D eigenvalue weighted by Gasteiger charge is 2.57. The highest BCUT2D eigenvalue weighted by molar-refractivity contribution is 7.89. The van der Waals surface area contributed by atoms with Crippen LogP contribution in [0.25, 0.3) is 0 Å². The third kappa shape index (κ3) is 5.65. The van der Waals surface area contributed by atoms with E-state index in [-0.39, 0.29) is 22.8 Å². The quantitative estimate of drug-likeness (QED) is 0.545. The van der Waals surface area contributed by atoms with Crippen LogP contribution in [0.2, 0.25) is 0 Å². The first kappa shape index (κ1) is 26.6. The lowest BCUT2D eigenvalue weighted by atomic mass is 9.94. The first-order chi connectivity index (χ1) is 16.3. The van der Waals surface area contributed by atoms with Crippen LogP contribution in [0.3, 0.4) is 0 Å². The van der Waals surface area contributed by atoms with E-state index in [0.717, 1.165) is 5.56 Å². The van der Waals surface area contributed by atoms with Gasteiger partial charge >= 0.3 is 0 Å². The summed E-state index contributed by atoms with van der Waals surface area (Å²) in [5.74, 6) is -0.591. The van der Waals surface area contributed by atoms with Crippen molar-refractivity contribution in [2.75, 3.05) is 6.54 Å². The van der Waals surface area contributed by atoms with Gasteiger partial charge in [-0.15, -0.1) is 0 Å². The molecule has 1 unspecified atom stereocenters. The number of rotatable bonds is 8. The van der Waals surface area contributed by atoms with E-state index in [4.69, 9.17) is 0 Å². The molecule has 1 aliphatic rings. The van der Waals surface area contributed by atoms with Crippen LogP contribution >= 0.6 is 0 Å². The second kappa shape index (κ2) is 9.95. The zero-order valence-electron chi connectivity index (χ0n) is 21.1. The van der Waals surface area contributed by atoms with Crippen molar-refractivity contribution in [2.24, 2.45) is 0 Å². The Kier molecular flexibility index (Phi) is 7.57. The first-order valence-electron chi connectivity index (χ1n) is 11.7. The van der Waals surface area contributed by atoms with Gasteiger partial charge in [-0.1, -0.05) is 36.4 Å². The van der Waals surface area contributed by atoms with Gasteiger partial charge in [0.25, 0.3) is 5.91 Å². The fourth-order valence-corrected chi connectivity index (χ4v) is 7.18. The zero-order valence-corrected chi connectivity index (χ0v) is 21.9. The van der Waals surface area contributed by atoms with Crippen LogP contribution in [0, 0.1) is 6.92 Å². The van der Waals surface area contributed by atoms with E-state index in [1.165, 1.54) is 40.2 Å². The average Bonchev–Trinajstić information content (AvgIpc) is 2.96. The molecule has 2 aromatic rings. The highest BCUT2D eigenvalue weighted by atomic mass is 32.2. The van der Waals surface area contributed by atoms with Gasteiger partial charge in [0, 0.05) is 23.7 Å². The molecule has 0 aromatic heterocycles. The molecule has 2 amide bonds. The van der Waals surface area contributed by atoms with Crippen molar-refractivity contribution in [3.63, 3.8) is 0 Å². The molecule has 0 bridgehead atoms. The van der Waals surface area contributed by atoms with Gasteiger partial charge in [0.15, 0.2) is 0 Å². The Morgan fingerprint density at radius 3 is 2.37 bits per heavy atom. The number of hydrogen-bond acceptors (Lipinski definition) is 4. The SMILES string of the molecule is C=CC(=O)NC1CC(C)(C)N(S(=O)(=O)c2ccc(C(=O)NCCc3cccc(C)c3)cc2)C1(C)C. The minimum Gasteiger partial charge on any atom is -0.352 e. The molecule has 3 rings (SSSR count). The fourth-order valence-electron chi connectivity index (χ4n) is 5.02. The van der Waals surface area contributed by atoms with E-state index < -0.39 is 21.1 Å². The molecule has 188 valence electrons. The topological polar surface area (TPSA) is 95.6 Å². The van der Waals surface area contributed by atoms with Crippen LogP contribution in [0.4, 0.5) is 0 Å². The predicted octanol–water partition coefficient (Wildman–Crippen LogP) is 3.59. The van der Waals surface area contributed by atoms with E-state index in [1.54, 1.807) is 0 Å². The normalized spacial score (nSPS) is 19.2. The number of amides is 2. The van der Waals surface area contributed by atoms with Gasteiger partial charge in [-0.05, 0) is 83.4 Å². The third-order valence-corrected chi connectivity index (χ3v) is 8.88. The van der Waals surface area contributed by atoms with Gasteiger partial charge in [0.2, 0.25) is 15.9 Å². The Morgan fingerprint density at radius 1 is 1.11 bits per heavy atom. The monoisotopic (exact) mass is 497 g/mol. The van der Waals surface area contributed by atoms with Gasteiger partial charge < -0.3 is 10.6 Å². The number of carbonyl (C=O) groups excluding carboxylic acids is 2. The number of carbonyl (C=O) groups is 2. The number of benzene rings is 2. The van der Waals surface area contributed by atoms with E-state index in [9.17, 15) is 18.0 Å². The number of sulfonamides is 1. The lowest BCUT2D eigenvalue weighted by Gasteiger charge is -2.40. The second-order valence-electron chi connectivity index (χ2n) is 10.2. The maximum absolute atomic E-state index is 13.7. The Morgan fingerprint density at radius 2 is 1.77 bits per heavy atom. The summed E-state index contributed by atoms with van der Waals surface area (Å²) in [6, 6.07) is 13.7. The van der Waals surface area contributed by atoms with Gasteiger partial charge in [0.05, 0.1) is 10.4 Å². The van der Waals surface area contributed by atoms with Gasteiger partial charge in [0.1, 0.15) is 0 Å². The van der Waals surface area contributed by atoms with Crippen molar-refractivity contribution in [1.82, 2.24) is 14.9 Å². The van der Waals surface area contributed by atoms with E-state index in [0.29, 0.717) is 24.9 Å². The highest BCUT2D eigenvalue weighted by Crippen LogP contribution is 2.44. The molecule has 1 fully saturated rings. The van der Waals surface area contributed by atoms with Crippen LogP contribution in [-0.4, -0.2) is 48.2 Å². The van der Waals surface area contributed by atoms with Crippen LogP contribution in [0.1, 0.15) is 55.6 Å². The van der Waals surface area contributed by atoms with Crippen LogP contribution in [0.15, 0.2) is 66.1 Å². The lowest BCUT2D eigenvalue weighted by Crippen LogP contribution is -2.56. The van der Waals surface area contributed by atoms with Crippen LogP contribution < -0.4 is 10.6 Å². The van der Waals surface area contributed by atoms with E-state index in [1.807, 2.05) is 52.8 Å². The van der Waals surface area contributed by atoms with Gasteiger partial charge in [-0.2, -0.15) is 4.31 Å². The summed E-state index contributed by atoms with van der Waals surface area (Å²) in [5, 5.41) is 5.76. The molecule has 2 N–H and O–H groups in total. The minimum absolute atomic E-state index is 0.102. The standard InChI is InChI=1S/C27H35N3O4S/c1-7-24(31)29-23-18-26(3,4)30(27(23,5)6)35(33,34)22-13-11-21(12-14-22)25(32)28-16-15-20-10-8-9-19(2)17-20/h7-14,17,23H,1,15-16,18H2,2-6H3,(H,28,32)(H,29,31). The van der Waals surface area contributed by atoms with E-state index >= 15 is 0 Å². The molecular weight excluding hydrogens is 462 g/mol. The molecular formula is C27H35N3O4S. The molecule has 8 heteroatoms. The average molecular weight is 498 g/mol. The maximum Gasteiger partial charge on any atom is 0.251 e. The molecule has 35 heavy (non-hydrogen) atoms. The molecule has 0 spiro atoms.